The van der Waals surface area contributed by atoms with Crippen molar-refractivity contribution in [1.82, 2.24) is 15.0 Å². The molecule has 27 heavy (non-hydrogen) atoms. The summed E-state index contributed by atoms with van der Waals surface area (Å²) >= 11 is 0. The van der Waals surface area contributed by atoms with Crippen molar-refractivity contribution in [1.29, 1.82) is 0 Å². The molecule has 0 atom stereocenters. The number of nitrogens with one attached hydrogen (secondary N) is 1. The highest BCUT2D eigenvalue weighted by Crippen LogP contribution is 2.27. The van der Waals surface area contributed by atoms with Crippen LogP contribution in [-0.4, -0.2) is 28.7 Å². The summed E-state index contributed by atoms with van der Waals surface area (Å²) in [5.74, 6) is 2.49. The van der Waals surface area contributed by atoms with Crippen molar-refractivity contribution in [3.05, 3.63) is 72.2 Å². The van der Waals surface area contributed by atoms with Crippen LogP contribution in [0.15, 0.2) is 60.8 Å². The van der Waals surface area contributed by atoms with E-state index in [-0.39, 0.29) is 0 Å². The van der Waals surface area contributed by atoms with Crippen LogP contribution in [-0.2, 0) is 6.42 Å². The number of aromatic nitrogens is 3. The molecule has 0 aliphatic carbocycles. The van der Waals surface area contributed by atoms with Crippen molar-refractivity contribution in [3.8, 4) is 22.6 Å². The third-order valence-corrected chi connectivity index (χ3v) is 4.41. The molecule has 0 aliphatic rings. The third kappa shape index (κ3) is 3.62. The van der Waals surface area contributed by atoms with Crippen LogP contribution in [0.5, 0.6) is 11.5 Å². The van der Waals surface area contributed by atoms with Crippen LogP contribution in [0.3, 0.4) is 0 Å². The van der Waals surface area contributed by atoms with E-state index in [1.165, 1.54) is 0 Å². The fraction of sp³-hybridized carbons (Fsp3) is 0.182. The molecule has 136 valence electrons. The second-order valence-corrected chi connectivity index (χ2v) is 6.23. The molecule has 2 heterocycles. The van der Waals surface area contributed by atoms with Gasteiger partial charge in [0, 0.05) is 23.7 Å². The quantitative estimate of drug-likeness (QED) is 0.545. The van der Waals surface area contributed by atoms with E-state index in [4.69, 9.17) is 9.47 Å². The largest absolute Gasteiger partial charge is 0.496 e. The molecule has 0 aliphatic heterocycles. The number of methoxy groups -OCH3 is 1. The maximum atomic E-state index is 5.61. The minimum Gasteiger partial charge on any atom is -0.496 e. The standard InChI is InChI=1S/C22H21N3O2/c1-3-27-18-9-10-20(26-2)16(11-18)13-21-24-19-12-17(14-23-22(19)25-21)15-7-5-4-6-8-15/h4-12,14H,3,13H2,1-2H3,(H,23,24,25). The van der Waals surface area contributed by atoms with Gasteiger partial charge in [0.2, 0.25) is 0 Å². The van der Waals surface area contributed by atoms with E-state index in [9.17, 15) is 0 Å². The van der Waals surface area contributed by atoms with Crippen LogP contribution >= 0.6 is 0 Å². The van der Waals surface area contributed by atoms with Gasteiger partial charge >= 0.3 is 0 Å². The van der Waals surface area contributed by atoms with Gasteiger partial charge in [-0.15, -0.1) is 0 Å². The summed E-state index contributed by atoms with van der Waals surface area (Å²) in [5, 5.41) is 0. The maximum Gasteiger partial charge on any atom is 0.177 e. The van der Waals surface area contributed by atoms with E-state index >= 15 is 0 Å². The van der Waals surface area contributed by atoms with E-state index in [0.29, 0.717) is 18.7 Å². The zero-order valence-corrected chi connectivity index (χ0v) is 15.4. The second-order valence-electron chi connectivity index (χ2n) is 6.23. The lowest BCUT2D eigenvalue weighted by molar-refractivity contribution is 0.338. The Morgan fingerprint density at radius 2 is 1.85 bits per heavy atom. The fourth-order valence-corrected chi connectivity index (χ4v) is 3.15. The Morgan fingerprint density at radius 1 is 1.00 bits per heavy atom. The zero-order valence-electron chi connectivity index (χ0n) is 15.4. The average molecular weight is 359 g/mol. The van der Waals surface area contributed by atoms with Gasteiger partial charge in [-0.3, -0.25) is 0 Å². The van der Waals surface area contributed by atoms with Crippen molar-refractivity contribution in [2.24, 2.45) is 0 Å². The van der Waals surface area contributed by atoms with Crippen LogP contribution in [0.1, 0.15) is 18.3 Å². The first-order chi connectivity index (χ1) is 13.3. The monoisotopic (exact) mass is 359 g/mol. The van der Waals surface area contributed by atoms with Crippen LogP contribution in [0, 0.1) is 0 Å². The lowest BCUT2D eigenvalue weighted by Gasteiger charge is -2.10. The van der Waals surface area contributed by atoms with Gasteiger partial charge < -0.3 is 14.5 Å². The highest BCUT2D eigenvalue weighted by atomic mass is 16.5. The van der Waals surface area contributed by atoms with E-state index < -0.39 is 0 Å². The highest BCUT2D eigenvalue weighted by Gasteiger charge is 2.11. The smallest absolute Gasteiger partial charge is 0.177 e. The van der Waals surface area contributed by atoms with Gasteiger partial charge in [0.05, 0.1) is 19.2 Å². The highest BCUT2D eigenvalue weighted by molar-refractivity contribution is 5.78. The number of fused-ring (bicyclic) bond motifs is 1. The van der Waals surface area contributed by atoms with Gasteiger partial charge in [-0.05, 0) is 36.8 Å². The SMILES string of the molecule is CCOc1ccc(OC)c(Cc2nc3ncc(-c4ccccc4)cc3[nH]2)c1. The molecular weight excluding hydrogens is 338 g/mol. The van der Waals surface area contributed by atoms with Crippen molar-refractivity contribution < 1.29 is 9.47 Å². The average Bonchev–Trinajstić information content (AvgIpc) is 3.10. The van der Waals surface area contributed by atoms with Gasteiger partial charge in [0.25, 0.3) is 0 Å². The summed E-state index contributed by atoms with van der Waals surface area (Å²) in [4.78, 5) is 12.5. The number of benzene rings is 2. The van der Waals surface area contributed by atoms with Gasteiger partial charge in [-0.25, -0.2) is 9.97 Å². The summed E-state index contributed by atoms with van der Waals surface area (Å²) in [7, 11) is 1.67. The van der Waals surface area contributed by atoms with Crippen LogP contribution in [0.2, 0.25) is 0 Å². The lowest BCUT2D eigenvalue weighted by atomic mass is 10.1. The topological polar surface area (TPSA) is 60.0 Å². The van der Waals surface area contributed by atoms with Crippen LogP contribution in [0.25, 0.3) is 22.3 Å². The maximum absolute atomic E-state index is 5.61. The Kier molecular flexibility index (Phi) is 4.75. The molecule has 0 amide bonds. The molecule has 0 saturated heterocycles. The number of aromatic amines is 1. The van der Waals surface area contributed by atoms with E-state index in [0.717, 1.165) is 39.5 Å². The van der Waals surface area contributed by atoms with Crippen molar-refractivity contribution in [3.63, 3.8) is 0 Å². The number of pyridine rings is 1. The molecule has 0 spiro atoms. The van der Waals surface area contributed by atoms with Crippen LogP contribution < -0.4 is 9.47 Å². The molecule has 0 bridgehead atoms. The molecule has 1 N–H and O–H groups in total. The molecule has 0 saturated carbocycles. The summed E-state index contributed by atoms with van der Waals surface area (Å²) in [6, 6.07) is 18.1. The molecule has 4 rings (SSSR count). The molecule has 4 aromatic rings. The zero-order chi connectivity index (χ0) is 18.6. The van der Waals surface area contributed by atoms with Gasteiger partial charge in [-0.2, -0.15) is 0 Å². The Balaban J connectivity index is 1.66. The number of ether oxygens (including phenoxy) is 2. The number of nitrogens with zero attached hydrogens (tertiary/aromatic N) is 2. The summed E-state index contributed by atoms with van der Waals surface area (Å²) in [6.45, 7) is 2.60. The first-order valence-corrected chi connectivity index (χ1v) is 8.96. The Labute approximate surface area is 158 Å². The number of hydrogen-bond donors (Lipinski definition) is 1. The molecule has 0 fully saturated rings. The van der Waals surface area contributed by atoms with Gasteiger partial charge in [0.1, 0.15) is 17.3 Å². The van der Waals surface area contributed by atoms with Crippen LogP contribution in [0.4, 0.5) is 0 Å². The van der Waals surface area contributed by atoms with E-state index in [1.807, 2.05) is 49.5 Å². The van der Waals surface area contributed by atoms with Gasteiger partial charge in [0.15, 0.2) is 5.65 Å². The summed E-state index contributed by atoms with van der Waals surface area (Å²) < 4.78 is 11.1. The first-order valence-electron chi connectivity index (χ1n) is 8.96. The summed E-state index contributed by atoms with van der Waals surface area (Å²) in [6.07, 6.45) is 2.47. The second kappa shape index (κ2) is 7.50. The molecule has 5 heteroatoms. The van der Waals surface area contributed by atoms with E-state index in [2.05, 4.69) is 33.2 Å². The molecule has 2 aromatic carbocycles. The molecule has 0 radical (unpaired) electrons. The molecule has 0 unspecified atom stereocenters. The predicted octanol–water partition coefficient (Wildman–Crippen LogP) is 4.62. The van der Waals surface area contributed by atoms with Crippen molar-refractivity contribution in [2.75, 3.05) is 13.7 Å². The van der Waals surface area contributed by atoms with Gasteiger partial charge in [-0.1, -0.05) is 30.3 Å². The third-order valence-electron chi connectivity index (χ3n) is 4.41. The number of imidazole rings is 1. The number of hydrogen-bond acceptors (Lipinski definition) is 4. The number of H-pyrrole nitrogens is 1. The first kappa shape index (κ1) is 17.1. The lowest BCUT2D eigenvalue weighted by Crippen LogP contribution is -1.98. The minimum atomic E-state index is 0.612. The normalized spacial score (nSPS) is 10.9. The van der Waals surface area contributed by atoms with E-state index in [1.54, 1.807) is 7.11 Å². The molecule has 5 nitrogen and oxygen atoms in total. The minimum absolute atomic E-state index is 0.612. The Hall–Kier alpha value is -3.34. The Morgan fingerprint density at radius 3 is 2.63 bits per heavy atom. The summed E-state index contributed by atoms with van der Waals surface area (Å²) in [5.41, 5.74) is 4.85. The fourth-order valence-electron chi connectivity index (χ4n) is 3.15. The predicted molar refractivity (Wildman–Crippen MR) is 106 cm³/mol. The van der Waals surface area contributed by atoms with Crippen molar-refractivity contribution in [2.45, 2.75) is 13.3 Å². The molecule has 2 aromatic heterocycles. The van der Waals surface area contributed by atoms with Crippen molar-refractivity contribution >= 4 is 11.2 Å². The number of rotatable bonds is 6. The Bertz CT molecular complexity index is 1060. The molecular formula is C22H21N3O2.